The summed E-state index contributed by atoms with van der Waals surface area (Å²) >= 11 is 0. The number of rotatable bonds is 10. The summed E-state index contributed by atoms with van der Waals surface area (Å²) in [5.41, 5.74) is 1.04. The number of carbonyl (C=O) groups is 1. The minimum Gasteiger partial charge on any atom is -0.440 e. The molecule has 1 heterocycles. The SMILES string of the molecule is CCCCCCC(=O)N(CCCC)c1ccc(-c2ccccc2)o1. The van der Waals surface area contributed by atoms with Gasteiger partial charge in [0, 0.05) is 24.6 Å². The lowest BCUT2D eigenvalue weighted by molar-refractivity contribution is -0.118. The molecule has 130 valence electrons. The van der Waals surface area contributed by atoms with Crippen molar-refractivity contribution in [2.24, 2.45) is 0 Å². The van der Waals surface area contributed by atoms with Crippen LogP contribution in [0, 0.1) is 0 Å². The van der Waals surface area contributed by atoms with Gasteiger partial charge in [0.1, 0.15) is 5.76 Å². The molecule has 2 rings (SSSR count). The highest BCUT2D eigenvalue weighted by molar-refractivity contribution is 5.92. The van der Waals surface area contributed by atoms with Crippen molar-refractivity contribution in [3.05, 3.63) is 42.5 Å². The zero-order chi connectivity index (χ0) is 17.2. The fourth-order valence-corrected chi connectivity index (χ4v) is 2.74. The first-order valence-electron chi connectivity index (χ1n) is 9.21. The Balaban J connectivity index is 2.07. The van der Waals surface area contributed by atoms with Crippen LogP contribution < -0.4 is 4.90 Å². The number of carbonyl (C=O) groups excluding carboxylic acids is 1. The molecule has 1 aromatic heterocycles. The quantitative estimate of drug-likeness (QED) is 0.498. The monoisotopic (exact) mass is 327 g/mol. The second kappa shape index (κ2) is 9.96. The lowest BCUT2D eigenvalue weighted by Crippen LogP contribution is -2.31. The summed E-state index contributed by atoms with van der Waals surface area (Å²) < 4.78 is 5.98. The van der Waals surface area contributed by atoms with Crippen LogP contribution in [0.1, 0.15) is 58.8 Å². The molecular formula is C21H29NO2. The fraction of sp³-hybridized carbons (Fsp3) is 0.476. The molecule has 3 nitrogen and oxygen atoms in total. The predicted octanol–water partition coefficient (Wildman–Crippen LogP) is 6.05. The van der Waals surface area contributed by atoms with E-state index in [0.29, 0.717) is 12.3 Å². The molecule has 0 N–H and O–H groups in total. The van der Waals surface area contributed by atoms with Crippen LogP contribution in [-0.2, 0) is 4.79 Å². The van der Waals surface area contributed by atoms with E-state index in [2.05, 4.69) is 13.8 Å². The van der Waals surface area contributed by atoms with Gasteiger partial charge in [-0.25, -0.2) is 0 Å². The summed E-state index contributed by atoms with van der Waals surface area (Å²) in [6, 6.07) is 13.9. The topological polar surface area (TPSA) is 33.5 Å². The number of anilines is 1. The molecule has 2 aromatic rings. The van der Waals surface area contributed by atoms with Crippen molar-refractivity contribution in [3.63, 3.8) is 0 Å². The van der Waals surface area contributed by atoms with Crippen LogP contribution in [0.15, 0.2) is 46.9 Å². The molecule has 3 heteroatoms. The van der Waals surface area contributed by atoms with Gasteiger partial charge in [-0.15, -0.1) is 0 Å². The van der Waals surface area contributed by atoms with E-state index in [1.54, 1.807) is 0 Å². The third-order valence-electron chi connectivity index (χ3n) is 4.20. The van der Waals surface area contributed by atoms with Gasteiger partial charge in [-0.2, -0.15) is 0 Å². The van der Waals surface area contributed by atoms with Crippen LogP contribution in [0.3, 0.4) is 0 Å². The summed E-state index contributed by atoms with van der Waals surface area (Å²) in [6.07, 6.45) is 7.12. The van der Waals surface area contributed by atoms with Gasteiger partial charge in [-0.1, -0.05) is 69.9 Å². The van der Waals surface area contributed by atoms with Crippen molar-refractivity contribution < 1.29 is 9.21 Å². The lowest BCUT2D eigenvalue weighted by Gasteiger charge is -2.20. The molecule has 0 spiro atoms. The fourth-order valence-electron chi connectivity index (χ4n) is 2.74. The Morgan fingerprint density at radius 3 is 2.38 bits per heavy atom. The molecule has 0 bridgehead atoms. The second-order valence-corrected chi connectivity index (χ2v) is 6.21. The van der Waals surface area contributed by atoms with Gasteiger partial charge in [-0.05, 0) is 18.9 Å². The summed E-state index contributed by atoms with van der Waals surface area (Å²) in [6.45, 7) is 5.05. The molecule has 0 atom stereocenters. The van der Waals surface area contributed by atoms with E-state index < -0.39 is 0 Å². The van der Waals surface area contributed by atoms with E-state index in [1.165, 1.54) is 12.8 Å². The molecule has 0 saturated carbocycles. The average molecular weight is 327 g/mol. The smallest absolute Gasteiger partial charge is 0.229 e. The van der Waals surface area contributed by atoms with Crippen molar-refractivity contribution in [2.75, 3.05) is 11.4 Å². The Hall–Kier alpha value is -2.03. The van der Waals surface area contributed by atoms with Crippen LogP contribution in [0.4, 0.5) is 5.88 Å². The number of furan rings is 1. The molecule has 0 fully saturated rings. The van der Waals surface area contributed by atoms with Crippen LogP contribution in [0.25, 0.3) is 11.3 Å². The molecule has 0 unspecified atom stereocenters. The van der Waals surface area contributed by atoms with Crippen LogP contribution in [0.5, 0.6) is 0 Å². The Bertz CT molecular complexity index is 603. The van der Waals surface area contributed by atoms with Crippen molar-refractivity contribution in [2.45, 2.75) is 58.8 Å². The number of hydrogen-bond acceptors (Lipinski definition) is 2. The normalized spacial score (nSPS) is 10.8. The van der Waals surface area contributed by atoms with Gasteiger partial charge < -0.3 is 4.42 Å². The number of unbranched alkanes of at least 4 members (excludes halogenated alkanes) is 4. The molecule has 24 heavy (non-hydrogen) atoms. The predicted molar refractivity (Wildman–Crippen MR) is 100 cm³/mol. The molecule has 0 aliphatic rings. The third-order valence-corrected chi connectivity index (χ3v) is 4.20. The minimum atomic E-state index is 0.175. The van der Waals surface area contributed by atoms with Crippen LogP contribution in [-0.4, -0.2) is 12.5 Å². The molecule has 0 radical (unpaired) electrons. The van der Waals surface area contributed by atoms with E-state index in [9.17, 15) is 4.79 Å². The summed E-state index contributed by atoms with van der Waals surface area (Å²) in [5, 5.41) is 0. The van der Waals surface area contributed by atoms with Crippen molar-refractivity contribution >= 4 is 11.8 Å². The van der Waals surface area contributed by atoms with Gasteiger partial charge >= 0.3 is 0 Å². The van der Waals surface area contributed by atoms with Crippen molar-refractivity contribution in [1.29, 1.82) is 0 Å². The van der Waals surface area contributed by atoms with Gasteiger partial charge in [-0.3, -0.25) is 9.69 Å². The molecule has 0 aliphatic heterocycles. The lowest BCUT2D eigenvalue weighted by atomic mass is 10.1. The van der Waals surface area contributed by atoms with Gasteiger partial charge in [0.2, 0.25) is 11.8 Å². The highest BCUT2D eigenvalue weighted by Gasteiger charge is 2.18. The molecule has 0 aliphatic carbocycles. The highest BCUT2D eigenvalue weighted by Crippen LogP contribution is 2.27. The Morgan fingerprint density at radius 2 is 1.67 bits per heavy atom. The zero-order valence-corrected chi connectivity index (χ0v) is 15.0. The highest BCUT2D eigenvalue weighted by atomic mass is 16.4. The number of hydrogen-bond donors (Lipinski definition) is 0. The van der Waals surface area contributed by atoms with Gasteiger partial charge in [0.05, 0.1) is 0 Å². The Kier molecular flexibility index (Phi) is 7.60. The first kappa shape index (κ1) is 18.3. The Morgan fingerprint density at radius 1 is 0.917 bits per heavy atom. The molecular weight excluding hydrogens is 298 g/mol. The number of nitrogens with zero attached hydrogens (tertiary/aromatic N) is 1. The third kappa shape index (κ3) is 5.26. The van der Waals surface area contributed by atoms with Crippen LogP contribution >= 0.6 is 0 Å². The molecule has 0 saturated heterocycles. The van der Waals surface area contributed by atoms with E-state index in [4.69, 9.17) is 4.42 Å². The zero-order valence-electron chi connectivity index (χ0n) is 15.0. The standard InChI is InChI=1S/C21H29NO2/c1-3-5-7-11-14-20(23)22(17-6-4-2)21-16-15-19(24-21)18-12-9-8-10-13-18/h8-10,12-13,15-16H,3-7,11,14,17H2,1-2H3. The maximum atomic E-state index is 12.6. The largest absolute Gasteiger partial charge is 0.440 e. The first-order chi connectivity index (χ1) is 11.8. The maximum Gasteiger partial charge on any atom is 0.229 e. The van der Waals surface area contributed by atoms with Crippen LogP contribution in [0.2, 0.25) is 0 Å². The average Bonchev–Trinajstić information content (AvgIpc) is 3.10. The molecule has 1 amide bonds. The maximum absolute atomic E-state index is 12.6. The number of benzene rings is 1. The van der Waals surface area contributed by atoms with Gasteiger partial charge in [0.15, 0.2) is 0 Å². The molecule has 1 aromatic carbocycles. The summed E-state index contributed by atoms with van der Waals surface area (Å²) in [4.78, 5) is 14.4. The van der Waals surface area contributed by atoms with E-state index in [-0.39, 0.29) is 5.91 Å². The minimum absolute atomic E-state index is 0.175. The van der Waals surface area contributed by atoms with Gasteiger partial charge in [0.25, 0.3) is 0 Å². The first-order valence-corrected chi connectivity index (χ1v) is 9.21. The summed E-state index contributed by atoms with van der Waals surface area (Å²) in [7, 11) is 0. The van der Waals surface area contributed by atoms with Crippen molar-refractivity contribution in [1.82, 2.24) is 0 Å². The number of amides is 1. The Labute approximate surface area is 145 Å². The van der Waals surface area contributed by atoms with E-state index in [0.717, 1.165) is 43.6 Å². The van der Waals surface area contributed by atoms with Crippen molar-refractivity contribution in [3.8, 4) is 11.3 Å². The van der Waals surface area contributed by atoms with E-state index >= 15 is 0 Å². The second-order valence-electron chi connectivity index (χ2n) is 6.21. The summed E-state index contributed by atoms with van der Waals surface area (Å²) in [5.74, 6) is 1.65. The van der Waals surface area contributed by atoms with E-state index in [1.807, 2.05) is 47.4 Å².